The van der Waals surface area contributed by atoms with Crippen LogP contribution < -0.4 is 0 Å². The molecule has 0 spiro atoms. The molecule has 0 bridgehead atoms. The van der Waals surface area contributed by atoms with Gasteiger partial charge in [0.25, 0.3) is 0 Å². The van der Waals surface area contributed by atoms with E-state index in [0.717, 1.165) is 30.8 Å². The highest BCUT2D eigenvalue weighted by Gasteiger charge is 2.25. The van der Waals surface area contributed by atoms with Crippen LogP contribution in [0, 0.1) is 0 Å². The minimum absolute atomic E-state index is 0.0728. The predicted octanol–water partition coefficient (Wildman–Crippen LogP) is 3.56. The van der Waals surface area contributed by atoms with Crippen molar-refractivity contribution in [1.29, 1.82) is 0 Å². The molecule has 2 aromatic rings. The summed E-state index contributed by atoms with van der Waals surface area (Å²) in [6.07, 6.45) is -0.257. The van der Waals surface area contributed by atoms with Crippen molar-refractivity contribution in [3.63, 3.8) is 0 Å². The van der Waals surface area contributed by atoms with E-state index in [2.05, 4.69) is 16.0 Å². The molecule has 0 aliphatic carbocycles. The molecule has 1 N–H and O–H groups in total. The number of benzene rings is 1. The molecule has 1 aliphatic heterocycles. The fraction of sp³-hybridized carbons (Fsp3) is 0.450. The number of ether oxygens (including phenoxy) is 1. The van der Waals surface area contributed by atoms with E-state index in [1.54, 1.807) is 10.3 Å². The minimum Gasteiger partial charge on any atom is -0.476 e. The quantitative estimate of drug-likeness (QED) is 0.840. The first-order chi connectivity index (χ1) is 13.2. The first kappa shape index (κ1) is 20.3. The zero-order chi connectivity index (χ0) is 20.3. The number of hydrogen-bond donors (Lipinski definition) is 1. The zero-order valence-corrected chi connectivity index (χ0v) is 17.2. The zero-order valence-electron chi connectivity index (χ0n) is 16.3. The summed E-state index contributed by atoms with van der Waals surface area (Å²) < 4.78 is 5.44. The Morgan fingerprint density at radius 2 is 1.93 bits per heavy atom. The van der Waals surface area contributed by atoms with Crippen molar-refractivity contribution < 1.29 is 19.4 Å². The SMILES string of the molecule is CC(C)(C)OC(=O)N1CCN(Cc2cccc(-c3nc(C(=O)O)cs3)c2)CC1. The van der Waals surface area contributed by atoms with E-state index in [0.29, 0.717) is 18.1 Å². The summed E-state index contributed by atoms with van der Waals surface area (Å²) in [4.78, 5) is 31.4. The molecule has 150 valence electrons. The number of hydrogen-bond acceptors (Lipinski definition) is 6. The molecule has 0 atom stereocenters. The molecule has 2 heterocycles. The van der Waals surface area contributed by atoms with Crippen LogP contribution in [-0.4, -0.2) is 63.7 Å². The van der Waals surface area contributed by atoms with E-state index in [1.807, 2.05) is 39.0 Å². The number of aromatic carboxylic acids is 1. The normalized spacial score (nSPS) is 15.5. The number of aromatic nitrogens is 1. The van der Waals surface area contributed by atoms with Crippen molar-refractivity contribution in [1.82, 2.24) is 14.8 Å². The molecule has 0 saturated carbocycles. The number of rotatable bonds is 4. The summed E-state index contributed by atoms with van der Waals surface area (Å²) in [6, 6.07) is 8.00. The summed E-state index contributed by atoms with van der Waals surface area (Å²) in [5, 5.41) is 11.3. The van der Waals surface area contributed by atoms with Gasteiger partial charge in [-0.25, -0.2) is 14.6 Å². The minimum atomic E-state index is -1.01. The second kappa shape index (κ2) is 8.28. The summed E-state index contributed by atoms with van der Waals surface area (Å²) in [5.41, 5.74) is 1.65. The van der Waals surface area contributed by atoms with Gasteiger partial charge < -0.3 is 14.7 Å². The number of carboxylic acids is 1. The maximum atomic E-state index is 12.2. The van der Waals surface area contributed by atoms with Crippen LogP contribution in [0.25, 0.3) is 10.6 Å². The van der Waals surface area contributed by atoms with Crippen molar-refractivity contribution in [2.24, 2.45) is 0 Å². The Morgan fingerprint density at radius 1 is 1.21 bits per heavy atom. The molecule has 1 fully saturated rings. The van der Waals surface area contributed by atoms with Gasteiger partial charge in [-0.1, -0.05) is 18.2 Å². The van der Waals surface area contributed by atoms with E-state index in [4.69, 9.17) is 9.84 Å². The van der Waals surface area contributed by atoms with Crippen LogP contribution in [-0.2, 0) is 11.3 Å². The van der Waals surface area contributed by atoms with Gasteiger partial charge in [-0.2, -0.15) is 0 Å². The Morgan fingerprint density at radius 3 is 2.54 bits per heavy atom. The standard InChI is InChI=1S/C20H25N3O4S/c1-20(2,3)27-19(26)23-9-7-22(8-10-23)12-14-5-4-6-15(11-14)17-21-16(13-28-17)18(24)25/h4-6,11,13H,7-10,12H2,1-3H3,(H,24,25). The van der Waals surface area contributed by atoms with E-state index in [-0.39, 0.29) is 11.8 Å². The van der Waals surface area contributed by atoms with Gasteiger partial charge >= 0.3 is 12.1 Å². The van der Waals surface area contributed by atoms with Crippen LogP contribution in [0.2, 0.25) is 0 Å². The summed E-state index contributed by atoms with van der Waals surface area (Å²) in [5.74, 6) is -1.01. The smallest absolute Gasteiger partial charge is 0.410 e. The molecule has 7 nitrogen and oxygen atoms in total. The largest absolute Gasteiger partial charge is 0.476 e. The lowest BCUT2D eigenvalue weighted by Gasteiger charge is -2.35. The predicted molar refractivity (Wildman–Crippen MR) is 108 cm³/mol. The average molecular weight is 404 g/mol. The molecule has 1 saturated heterocycles. The molecular weight excluding hydrogens is 378 g/mol. The average Bonchev–Trinajstić information content (AvgIpc) is 3.12. The molecule has 28 heavy (non-hydrogen) atoms. The van der Waals surface area contributed by atoms with Crippen molar-refractivity contribution in [2.45, 2.75) is 32.9 Å². The third-order valence-corrected chi connectivity index (χ3v) is 5.22. The van der Waals surface area contributed by atoms with Crippen LogP contribution in [0.4, 0.5) is 4.79 Å². The highest BCUT2D eigenvalue weighted by Crippen LogP contribution is 2.25. The molecule has 1 aromatic heterocycles. The number of carbonyl (C=O) groups is 2. The molecule has 0 unspecified atom stereocenters. The van der Waals surface area contributed by atoms with Gasteiger partial charge in [0.05, 0.1) is 0 Å². The molecule has 8 heteroatoms. The summed E-state index contributed by atoms with van der Waals surface area (Å²) >= 11 is 1.33. The van der Waals surface area contributed by atoms with Gasteiger partial charge in [-0.3, -0.25) is 4.90 Å². The monoisotopic (exact) mass is 403 g/mol. The molecule has 0 radical (unpaired) electrons. The molecule has 3 rings (SSSR count). The Labute approximate surface area is 168 Å². The first-order valence-corrected chi connectivity index (χ1v) is 10.1. The van der Waals surface area contributed by atoms with Gasteiger partial charge in [0.2, 0.25) is 0 Å². The van der Waals surface area contributed by atoms with Crippen LogP contribution in [0.1, 0.15) is 36.8 Å². The van der Waals surface area contributed by atoms with Crippen LogP contribution in [0.3, 0.4) is 0 Å². The summed E-state index contributed by atoms with van der Waals surface area (Å²) in [7, 11) is 0. The molecule has 1 aromatic carbocycles. The molecular formula is C20H25N3O4S. The van der Waals surface area contributed by atoms with Crippen molar-refractivity contribution in [3.8, 4) is 10.6 Å². The summed E-state index contributed by atoms with van der Waals surface area (Å²) in [6.45, 7) is 9.23. The second-order valence-electron chi connectivity index (χ2n) is 7.79. The van der Waals surface area contributed by atoms with Crippen LogP contribution in [0.15, 0.2) is 29.6 Å². The lowest BCUT2D eigenvalue weighted by Crippen LogP contribution is -2.49. The van der Waals surface area contributed by atoms with Crippen molar-refractivity contribution in [3.05, 3.63) is 40.9 Å². The van der Waals surface area contributed by atoms with Gasteiger partial charge in [0.15, 0.2) is 5.69 Å². The van der Waals surface area contributed by atoms with Gasteiger partial charge in [-0.05, 0) is 32.4 Å². The van der Waals surface area contributed by atoms with Gasteiger partial charge in [0, 0.05) is 43.7 Å². The Hall–Kier alpha value is -2.45. The molecule has 1 aliphatic rings. The maximum absolute atomic E-state index is 12.2. The molecule has 1 amide bonds. The lowest BCUT2D eigenvalue weighted by molar-refractivity contribution is 0.0139. The fourth-order valence-electron chi connectivity index (χ4n) is 2.98. The number of carbonyl (C=O) groups excluding carboxylic acids is 1. The number of piperazine rings is 1. The van der Waals surface area contributed by atoms with Crippen molar-refractivity contribution in [2.75, 3.05) is 26.2 Å². The highest BCUT2D eigenvalue weighted by molar-refractivity contribution is 7.13. The number of amides is 1. The first-order valence-electron chi connectivity index (χ1n) is 9.20. The fourth-order valence-corrected chi connectivity index (χ4v) is 3.77. The maximum Gasteiger partial charge on any atom is 0.410 e. The lowest BCUT2D eigenvalue weighted by atomic mass is 10.1. The third kappa shape index (κ3) is 5.30. The second-order valence-corrected chi connectivity index (χ2v) is 8.65. The van der Waals surface area contributed by atoms with Crippen LogP contribution in [0.5, 0.6) is 0 Å². The van der Waals surface area contributed by atoms with Gasteiger partial charge in [-0.15, -0.1) is 11.3 Å². The number of carboxylic acid groups (broad SMARTS) is 1. The third-order valence-electron chi connectivity index (χ3n) is 4.33. The number of nitrogens with zero attached hydrogens (tertiary/aromatic N) is 3. The van der Waals surface area contributed by atoms with E-state index >= 15 is 0 Å². The Bertz CT molecular complexity index is 851. The van der Waals surface area contributed by atoms with Crippen molar-refractivity contribution >= 4 is 23.4 Å². The van der Waals surface area contributed by atoms with E-state index in [9.17, 15) is 9.59 Å². The Kier molecular flexibility index (Phi) is 6.00. The van der Waals surface area contributed by atoms with E-state index < -0.39 is 11.6 Å². The van der Waals surface area contributed by atoms with Crippen LogP contribution >= 0.6 is 11.3 Å². The van der Waals surface area contributed by atoms with E-state index in [1.165, 1.54) is 11.3 Å². The highest BCUT2D eigenvalue weighted by atomic mass is 32.1. The topological polar surface area (TPSA) is 83.0 Å². The Balaban J connectivity index is 1.58. The number of thiazole rings is 1. The van der Waals surface area contributed by atoms with Gasteiger partial charge in [0.1, 0.15) is 10.6 Å².